The molecule has 31 heavy (non-hydrogen) atoms. The monoisotopic (exact) mass is 430 g/mol. The molecule has 0 N–H and O–H groups in total. The summed E-state index contributed by atoms with van der Waals surface area (Å²) in [6.45, 7) is 7.67. The Kier molecular flexibility index (Phi) is 7.98. The Balaban J connectivity index is 1.55. The van der Waals surface area contributed by atoms with E-state index < -0.39 is 11.7 Å². The molecule has 1 heterocycles. The largest absolute Gasteiger partial charge is 0.444 e. The number of rotatable bonds is 6. The third-order valence-electron chi connectivity index (χ3n) is 6.12. The van der Waals surface area contributed by atoms with Crippen LogP contribution in [0, 0.1) is 5.92 Å². The van der Waals surface area contributed by atoms with Crippen LogP contribution in [0.3, 0.4) is 0 Å². The average Bonchev–Trinajstić information content (AvgIpc) is 3.25. The number of likely N-dealkylation sites (tertiary alicyclic amines) is 1. The fraction of sp³-hybridized carbons (Fsp3) is 0.680. The van der Waals surface area contributed by atoms with Gasteiger partial charge < -0.3 is 19.3 Å². The summed E-state index contributed by atoms with van der Waals surface area (Å²) >= 11 is 0. The predicted octanol–water partition coefficient (Wildman–Crippen LogP) is 4.79. The summed E-state index contributed by atoms with van der Waals surface area (Å²) in [5, 5.41) is 0. The first-order valence-corrected chi connectivity index (χ1v) is 11.7. The van der Waals surface area contributed by atoms with Gasteiger partial charge in [0.15, 0.2) is 6.10 Å². The van der Waals surface area contributed by atoms with Crippen LogP contribution in [-0.2, 0) is 14.3 Å². The molecule has 2 amide bonds. The van der Waals surface area contributed by atoms with Crippen molar-refractivity contribution in [3.05, 3.63) is 35.9 Å². The Hall–Kier alpha value is -2.08. The van der Waals surface area contributed by atoms with Gasteiger partial charge in [-0.15, -0.1) is 0 Å². The zero-order valence-electron chi connectivity index (χ0n) is 19.5. The fourth-order valence-electron chi connectivity index (χ4n) is 4.43. The van der Waals surface area contributed by atoms with Gasteiger partial charge in [0.2, 0.25) is 0 Å². The van der Waals surface area contributed by atoms with E-state index in [0.29, 0.717) is 25.6 Å². The van der Waals surface area contributed by atoms with Crippen LogP contribution >= 0.6 is 0 Å². The van der Waals surface area contributed by atoms with Gasteiger partial charge in [0.25, 0.3) is 5.91 Å². The van der Waals surface area contributed by atoms with Gasteiger partial charge in [-0.05, 0) is 57.9 Å². The van der Waals surface area contributed by atoms with Gasteiger partial charge in [0.1, 0.15) is 5.60 Å². The molecule has 1 aromatic rings. The lowest BCUT2D eigenvalue weighted by Crippen LogP contribution is -2.45. The molecule has 1 unspecified atom stereocenters. The first kappa shape index (κ1) is 23.6. The maximum atomic E-state index is 13.4. The lowest BCUT2D eigenvalue weighted by molar-refractivity contribution is -0.149. The van der Waals surface area contributed by atoms with E-state index in [1.54, 1.807) is 11.9 Å². The normalized spacial score (nSPS) is 19.3. The van der Waals surface area contributed by atoms with Gasteiger partial charge in [0, 0.05) is 26.7 Å². The van der Waals surface area contributed by atoms with Gasteiger partial charge in [0.05, 0.1) is 6.10 Å². The van der Waals surface area contributed by atoms with Gasteiger partial charge in [-0.1, -0.05) is 43.2 Å². The second-order valence-corrected chi connectivity index (χ2v) is 9.96. The van der Waals surface area contributed by atoms with Crippen molar-refractivity contribution in [1.29, 1.82) is 0 Å². The molecule has 1 saturated carbocycles. The van der Waals surface area contributed by atoms with Crippen molar-refractivity contribution >= 4 is 12.0 Å². The summed E-state index contributed by atoms with van der Waals surface area (Å²) in [7, 11) is 1.78. The molecule has 6 nitrogen and oxygen atoms in total. The SMILES string of the molecule is CN(CC1CCN(C(=O)C(OC2CCCC2)c2ccccc2)CC1)C(=O)OC(C)(C)C. The highest BCUT2D eigenvalue weighted by Gasteiger charge is 2.33. The van der Waals surface area contributed by atoms with Crippen LogP contribution in [0.25, 0.3) is 0 Å². The molecule has 0 radical (unpaired) electrons. The molecule has 172 valence electrons. The van der Waals surface area contributed by atoms with Crippen molar-refractivity contribution in [3.8, 4) is 0 Å². The minimum atomic E-state index is -0.523. The quantitative estimate of drug-likeness (QED) is 0.651. The number of piperidine rings is 1. The Morgan fingerprint density at radius 3 is 2.26 bits per heavy atom. The zero-order chi connectivity index (χ0) is 22.4. The number of hydrogen-bond acceptors (Lipinski definition) is 4. The number of carbonyl (C=O) groups excluding carboxylic acids is 2. The Bertz CT molecular complexity index is 717. The summed E-state index contributed by atoms with van der Waals surface area (Å²) < 4.78 is 11.8. The van der Waals surface area contributed by atoms with Crippen LogP contribution in [0.1, 0.15) is 71.0 Å². The molecule has 1 aliphatic carbocycles. The van der Waals surface area contributed by atoms with Gasteiger partial charge >= 0.3 is 6.09 Å². The molecule has 3 rings (SSSR count). The molecule has 6 heteroatoms. The second kappa shape index (κ2) is 10.5. The Morgan fingerprint density at radius 2 is 1.68 bits per heavy atom. The highest BCUT2D eigenvalue weighted by atomic mass is 16.6. The van der Waals surface area contributed by atoms with Crippen molar-refractivity contribution in [1.82, 2.24) is 9.80 Å². The van der Waals surface area contributed by atoms with E-state index in [2.05, 4.69) is 0 Å². The number of benzene rings is 1. The van der Waals surface area contributed by atoms with E-state index in [0.717, 1.165) is 31.2 Å². The molecule has 1 atom stereocenters. The molecule has 2 fully saturated rings. The highest BCUT2D eigenvalue weighted by Crippen LogP contribution is 2.30. The zero-order valence-corrected chi connectivity index (χ0v) is 19.5. The fourth-order valence-corrected chi connectivity index (χ4v) is 4.43. The van der Waals surface area contributed by atoms with Crippen LogP contribution in [0.15, 0.2) is 30.3 Å². The third-order valence-corrected chi connectivity index (χ3v) is 6.12. The molecule has 0 spiro atoms. The van der Waals surface area contributed by atoms with Gasteiger partial charge in [-0.3, -0.25) is 4.79 Å². The number of amides is 2. The first-order valence-electron chi connectivity index (χ1n) is 11.7. The molecule has 2 aliphatic rings. The smallest absolute Gasteiger partial charge is 0.410 e. The average molecular weight is 431 g/mol. The number of nitrogens with zero attached hydrogens (tertiary/aromatic N) is 2. The van der Waals surface area contributed by atoms with Crippen molar-refractivity contribution in [2.45, 2.75) is 77.1 Å². The van der Waals surface area contributed by atoms with Crippen LogP contribution in [0.2, 0.25) is 0 Å². The van der Waals surface area contributed by atoms with Gasteiger partial charge in [-0.25, -0.2) is 4.79 Å². The van der Waals surface area contributed by atoms with Crippen molar-refractivity contribution in [2.24, 2.45) is 5.92 Å². The van der Waals surface area contributed by atoms with Crippen LogP contribution in [0.4, 0.5) is 4.79 Å². The van der Waals surface area contributed by atoms with Crippen molar-refractivity contribution in [3.63, 3.8) is 0 Å². The molecule has 0 aromatic heterocycles. The topological polar surface area (TPSA) is 59.1 Å². The summed E-state index contributed by atoms with van der Waals surface area (Å²) in [6, 6.07) is 9.87. The number of ether oxygens (including phenoxy) is 2. The van der Waals surface area contributed by atoms with E-state index in [9.17, 15) is 9.59 Å². The highest BCUT2D eigenvalue weighted by molar-refractivity contribution is 5.82. The van der Waals surface area contributed by atoms with Crippen LogP contribution < -0.4 is 0 Å². The second-order valence-electron chi connectivity index (χ2n) is 9.96. The molecule has 1 aliphatic heterocycles. The minimum Gasteiger partial charge on any atom is -0.444 e. The molecule has 1 aromatic carbocycles. The summed E-state index contributed by atoms with van der Waals surface area (Å²) in [5.74, 6) is 0.435. The first-order chi connectivity index (χ1) is 14.7. The van der Waals surface area contributed by atoms with Gasteiger partial charge in [-0.2, -0.15) is 0 Å². The Labute approximate surface area is 186 Å². The predicted molar refractivity (Wildman–Crippen MR) is 121 cm³/mol. The standard InChI is InChI=1S/C25H38N2O4/c1-25(2,3)31-24(29)26(4)18-19-14-16-27(17-15-19)23(28)22(20-10-6-5-7-11-20)30-21-12-8-9-13-21/h5-7,10-11,19,21-22H,8-9,12-18H2,1-4H3. The number of carbonyl (C=O) groups is 2. The van der Waals surface area contributed by atoms with E-state index in [1.165, 1.54) is 12.8 Å². The lowest BCUT2D eigenvalue weighted by atomic mass is 9.95. The molecule has 1 saturated heterocycles. The van der Waals surface area contributed by atoms with Crippen LogP contribution in [0.5, 0.6) is 0 Å². The van der Waals surface area contributed by atoms with Crippen LogP contribution in [-0.4, -0.2) is 60.2 Å². The summed E-state index contributed by atoms with van der Waals surface area (Å²) in [5.41, 5.74) is 0.443. The Morgan fingerprint density at radius 1 is 1.06 bits per heavy atom. The summed E-state index contributed by atoms with van der Waals surface area (Å²) in [6.07, 6.45) is 5.55. The van der Waals surface area contributed by atoms with Crippen molar-refractivity contribution in [2.75, 3.05) is 26.7 Å². The summed E-state index contributed by atoms with van der Waals surface area (Å²) in [4.78, 5) is 29.2. The molecular formula is C25H38N2O4. The molecule has 0 bridgehead atoms. The van der Waals surface area contributed by atoms with E-state index >= 15 is 0 Å². The number of hydrogen-bond donors (Lipinski definition) is 0. The van der Waals surface area contributed by atoms with E-state index in [4.69, 9.17) is 9.47 Å². The lowest BCUT2D eigenvalue weighted by Gasteiger charge is -2.36. The maximum Gasteiger partial charge on any atom is 0.410 e. The minimum absolute atomic E-state index is 0.0667. The van der Waals surface area contributed by atoms with Crippen molar-refractivity contribution < 1.29 is 19.1 Å². The third kappa shape index (κ3) is 6.96. The molecular weight excluding hydrogens is 392 g/mol. The van der Waals surface area contributed by atoms with E-state index in [-0.39, 0.29) is 18.1 Å². The van der Waals surface area contributed by atoms with E-state index in [1.807, 2.05) is 56.0 Å². The maximum absolute atomic E-state index is 13.4.